The summed E-state index contributed by atoms with van der Waals surface area (Å²) >= 11 is 0. The molecular weight excluding hydrogens is 250 g/mol. The van der Waals surface area contributed by atoms with Crippen molar-refractivity contribution in [3.8, 4) is 0 Å². The summed E-state index contributed by atoms with van der Waals surface area (Å²) in [6, 6.07) is 15.3. The second-order valence-electron chi connectivity index (χ2n) is 4.75. The molecule has 0 aliphatic carbocycles. The molecule has 2 N–H and O–H groups in total. The van der Waals surface area contributed by atoms with Crippen LogP contribution in [0.4, 0.5) is 0 Å². The standard InChI is InChI=1S/C16H15N3O/c1-11-5-4-6-12(9-11)16(20)17-10-15-18-13-7-2-3-8-14(13)19-15/h2-9H,10H2,1H3,(H,17,20)(H,18,19). The Morgan fingerprint density at radius 1 is 1.20 bits per heavy atom. The largest absolute Gasteiger partial charge is 0.345 e. The first-order valence-electron chi connectivity index (χ1n) is 6.51. The van der Waals surface area contributed by atoms with Crippen molar-refractivity contribution in [2.24, 2.45) is 0 Å². The molecule has 2 aromatic carbocycles. The topological polar surface area (TPSA) is 57.8 Å². The Balaban J connectivity index is 1.71. The van der Waals surface area contributed by atoms with Gasteiger partial charge in [-0.05, 0) is 31.2 Å². The minimum atomic E-state index is -0.0887. The van der Waals surface area contributed by atoms with Crippen molar-refractivity contribution in [3.05, 3.63) is 65.5 Å². The molecule has 1 amide bonds. The summed E-state index contributed by atoms with van der Waals surface area (Å²) in [4.78, 5) is 19.6. The predicted molar refractivity (Wildman–Crippen MR) is 78.4 cm³/mol. The molecule has 0 aliphatic rings. The van der Waals surface area contributed by atoms with E-state index in [-0.39, 0.29) is 5.91 Å². The van der Waals surface area contributed by atoms with Crippen LogP contribution in [0.25, 0.3) is 11.0 Å². The number of benzene rings is 2. The first-order chi connectivity index (χ1) is 9.72. The van der Waals surface area contributed by atoms with Crippen molar-refractivity contribution in [2.45, 2.75) is 13.5 Å². The van der Waals surface area contributed by atoms with Crippen LogP contribution >= 0.6 is 0 Å². The molecule has 1 heterocycles. The quantitative estimate of drug-likeness (QED) is 0.765. The molecule has 0 fully saturated rings. The number of nitrogens with zero attached hydrogens (tertiary/aromatic N) is 1. The van der Waals surface area contributed by atoms with Crippen LogP contribution in [-0.2, 0) is 6.54 Å². The number of hydrogen-bond donors (Lipinski definition) is 2. The number of carbonyl (C=O) groups excluding carboxylic acids is 1. The second-order valence-corrected chi connectivity index (χ2v) is 4.75. The van der Waals surface area contributed by atoms with E-state index in [2.05, 4.69) is 15.3 Å². The molecule has 1 aromatic heterocycles. The average Bonchev–Trinajstić information content (AvgIpc) is 2.87. The molecule has 100 valence electrons. The van der Waals surface area contributed by atoms with Crippen molar-refractivity contribution in [2.75, 3.05) is 0 Å². The summed E-state index contributed by atoms with van der Waals surface area (Å²) in [5.74, 6) is 0.668. The third kappa shape index (κ3) is 2.54. The van der Waals surface area contributed by atoms with E-state index in [1.807, 2.05) is 49.4 Å². The van der Waals surface area contributed by atoms with Gasteiger partial charge in [-0.3, -0.25) is 4.79 Å². The zero-order valence-corrected chi connectivity index (χ0v) is 11.2. The normalized spacial score (nSPS) is 10.7. The molecule has 0 atom stereocenters. The fraction of sp³-hybridized carbons (Fsp3) is 0.125. The SMILES string of the molecule is Cc1cccc(C(=O)NCc2nc3ccccc3[nH]2)c1. The number of nitrogens with one attached hydrogen (secondary N) is 2. The molecule has 3 rings (SSSR count). The molecular formula is C16H15N3O. The van der Waals surface area contributed by atoms with Crippen molar-refractivity contribution in [1.82, 2.24) is 15.3 Å². The first kappa shape index (κ1) is 12.4. The van der Waals surface area contributed by atoms with Crippen molar-refractivity contribution >= 4 is 16.9 Å². The van der Waals surface area contributed by atoms with Crippen LogP contribution in [0.3, 0.4) is 0 Å². The van der Waals surface area contributed by atoms with Gasteiger partial charge in [0.25, 0.3) is 5.91 Å². The van der Waals surface area contributed by atoms with Gasteiger partial charge in [-0.25, -0.2) is 4.98 Å². The smallest absolute Gasteiger partial charge is 0.251 e. The van der Waals surface area contributed by atoms with Gasteiger partial charge in [0.1, 0.15) is 5.82 Å². The number of rotatable bonds is 3. The predicted octanol–water partition coefficient (Wildman–Crippen LogP) is 2.80. The Bertz CT molecular complexity index is 728. The third-order valence-electron chi connectivity index (χ3n) is 3.14. The number of H-pyrrole nitrogens is 1. The molecule has 20 heavy (non-hydrogen) atoms. The van der Waals surface area contributed by atoms with Crippen molar-refractivity contribution in [1.29, 1.82) is 0 Å². The van der Waals surface area contributed by atoms with Crippen LogP contribution in [0.5, 0.6) is 0 Å². The lowest BCUT2D eigenvalue weighted by Gasteiger charge is -2.03. The third-order valence-corrected chi connectivity index (χ3v) is 3.14. The van der Waals surface area contributed by atoms with E-state index in [1.165, 1.54) is 0 Å². The van der Waals surface area contributed by atoms with Crippen LogP contribution in [0.15, 0.2) is 48.5 Å². The molecule has 0 saturated heterocycles. The molecule has 0 saturated carbocycles. The zero-order chi connectivity index (χ0) is 13.9. The van der Waals surface area contributed by atoms with Gasteiger partial charge in [0, 0.05) is 5.56 Å². The minimum absolute atomic E-state index is 0.0887. The Labute approximate surface area is 116 Å². The highest BCUT2D eigenvalue weighted by Crippen LogP contribution is 2.10. The number of aryl methyl sites for hydroxylation is 1. The maximum atomic E-state index is 12.0. The van der Waals surface area contributed by atoms with Gasteiger partial charge in [-0.15, -0.1) is 0 Å². The van der Waals surface area contributed by atoms with Crippen LogP contribution in [0, 0.1) is 6.92 Å². The van der Waals surface area contributed by atoms with Gasteiger partial charge in [0.2, 0.25) is 0 Å². The van der Waals surface area contributed by atoms with Crippen LogP contribution in [0.2, 0.25) is 0 Å². The molecule has 4 nitrogen and oxygen atoms in total. The van der Waals surface area contributed by atoms with E-state index in [4.69, 9.17) is 0 Å². The summed E-state index contributed by atoms with van der Waals surface area (Å²) in [5.41, 5.74) is 3.63. The number of hydrogen-bond acceptors (Lipinski definition) is 2. The highest BCUT2D eigenvalue weighted by Gasteiger charge is 2.07. The number of aromatic nitrogens is 2. The second kappa shape index (κ2) is 5.17. The van der Waals surface area contributed by atoms with Crippen LogP contribution < -0.4 is 5.32 Å². The minimum Gasteiger partial charge on any atom is -0.345 e. The van der Waals surface area contributed by atoms with Crippen LogP contribution in [0.1, 0.15) is 21.7 Å². The molecule has 0 aliphatic heterocycles. The maximum absolute atomic E-state index is 12.0. The Hall–Kier alpha value is -2.62. The molecule has 0 unspecified atom stereocenters. The molecule has 4 heteroatoms. The van der Waals surface area contributed by atoms with Gasteiger partial charge in [0.05, 0.1) is 17.6 Å². The summed E-state index contributed by atoms with van der Waals surface area (Å²) < 4.78 is 0. The van der Waals surface area contributed by atoms with Crippen molar-refractivity contribution in [3.63, 3.8) is 0 Å². The fourth-order valence-corrected chi connectivity index (χ4v) is 2.14. The van der Waals surface area contributed by atoms with Gasteiger partial charge >= 0.3 is 0 Å². The van der Waals surface area contributed by atoms with Crippen LogP contribution in [-0.4, -0.2) is 15.9 Å². The van der Waals surface area contributed by atoms with E-state index in [0.29, 0.717) is 12.1 Å². The highest BCUT2D eigenvalue weighted by atomic mass is 16.1. The van der Waals surface area contributed by atoms with Gasteiger partial charge in [-0.2, -0.15) is 0 Å². The number of fused-ring (bicyclic) bond motifs is 1. The summed E-state index contributed by atoms with van der Waals surface area (Å²) in [7, 11) is 0. The van der Waals surface area contributed by atoms with Gasteiger partial charge in [0.15, 0.2) is 0 Å². The first-order valence-corrected chi connectivity index (χ1v) is 6.51. The van der Waals surface area contributed by atoms with E-state index in [0.717, 1.165) is 22.4 Å². The Kier molecular flexibility index (Phi) is 3.21. The highest BCUT2D eigenvalue weighted by molar-refractivity contribution is 5.94. The number of para-hydroxylation sites is 2. The van der Waals surface area contributed by atoms with E-state index in [1.54, 1.807) is 6.07 Å². The lowest BCUT2D eigenvalue weighted by molar-refractivity contribution is 0.0950. The maximum Gasteiger partial charge on any atom is 0.251 e. The Morgan fingerprint density at radius 3 is 2.85 bits per heavy atom. The monoisotopic (exact) mass is 265 g/mol. The molecule has 3 aromatic rings. The Morgan fingerprint density at radius 2 is 2.05 bits per heavy atom. The van der Waals surface area contributed by atoms with E-state index in [9.17, 15) is 4.79 Å². The molecule has 0 spiro atoms. The lowest BCUT2D eigenvalue weighted by Crippen LogP contribution is -2.23. The summed E-state index contributed by atoms with van der Waals surface area (Å²) in [6.07, 6.45) is 0. The fourth-order valence-electron chi connectivity index (χ4n) is 2.14. The van der Waals surface area contributed by atoms with Gasteiger partial charge < -0.3 is 10.3 Å². The lowest BCUT2D eigenvalue weighted by atomic mass is 10.1. The molecule has 0 bridgehead atoms. The summed E-state index contributed by atoms with van der Waals surface area (Å²) in [6.45, 7) is 2.36. The van der Waals surface area contributed by atoms with Crippen molar-refractivity contribution < 1.29 is 4.79 Å². The number of aromatic amines is 1. The van der Waals surface area contributed by atoms with E-state index >= 15 is 0 Å². The van der Waals surface area contributed by atoms with Gasteiger partial charge in [-0.1, -0.05) is 29.8 Å². The van der Waals surface area contributed by atoms with E-state index < -0.39 is 0 Å². The summed E-state index contributed by atoms with van der Waals surface area (Å²) in [5, 5.41) is 2.87. The number of amides is 1. The zero-order valence-electron chi connectivity index (χ0n) is 11.2. The number of carbonyl (C=O) groups is 1. The average molecular weight is 265 g/mol. The number of imidazole rings is 1. The molecule has 0 radical (unpaired) electrons.